The van der Waals surface area contributed by atoms with Gasteiger partial charge in [0.2, 0.25) is 0 Å². The minimum Gasteiger partial charge on any atom is -0.466 e. The van der Waals surface area contributed by atoms with Gasteiger partial charge in [-0.15, -0.1) is 0 Å². The molecule has 1 fully saturated rings. The van der Waals surface area contributed by atoms with Crippen molar-refractivity contribution in [2.45, 2.75) is 45.3 Å². The maximum atomic E-state index is 11.4. The first-order valence-electron chi connectivity index (χ1n) is 5.65. The predicted octanol–water partition coefficient (Wildman–Crippen LogP) is 1.12. The summed E-state index contributed by atoms with van der Waals surface area (Å²) in [5, 5.41) is 9.75. The molecule has 1 aliphatic carbocycles. The largest absolute Gasteiger partial charge is 0.466 e. The van der Waals surface area contributed by atoms with E-state index in [0.29, 0.717) is 19.6 Å². The Balaban J connectivity index is 2.39. The van der Waals surface area contributed by atoms with Crippen molar-refractivity contribution in [1.29, 1.82) is 0 Å². The molecule has 88 valence electrons. The number of esters is 1. The highest BCUT2D eigenvalue weighted by molar-refractivity contribution is 5.72. The second-order valence-corrected chi connectivity index (χ2v) is 3.82. The van der Waals surface area contributed by atoms with Gasteiger partial charge in [-0.1, -0.05) is 0 Å². The molecule has 4 nitrogen and oxygen atoms in total. The SMILES string of the molecule is CCOC(=O)C1CCC(OCC)C(O)C1. The monoisotopic (exact) mass is 216 g/mol. The van der Waals surface area contributed by atoms with Gasteiger partial charge in [0.05, 0.1) is 24.7 Å². The molecule has 0 aromatic carbocycles. The standard InChI is InChI=1S/C11H20O4/c1-3-14-10-6-5-8(7-9(10)12)11(13)15-4-2/h8-10,12H,3-7H2,1-2H3. The number of carbonyl (C=O) groups excluding carboxylic acids is 1. The molecular formula is C11H20O4. The van der Waals surface area contributed by atoms with Crippen LogP contribution in [-0.2, 0) is 14.3 Å². The fourth-order valence-electron chi connectivity index (χ4n) is 2.00. The van der Waals surface area contributed by atoms with E-state index in [1.807, 2.05) is 6.92 Å². The molecule has 1 N–H and O–H groups in total. The molecule has 0 radical (unpaired) electrons. The van der Waals surface area contributed by atoms with Gasteiger partial charge in [-0.25, -0.2) is 0 Å². The smallest absolute Gasteiger partial charge is 0.309 e. The third kappa shape index (κ3) is 3.47. The minimum absolute atomic E-state index is 0.110. The molecule has 0 aliphatic heterocycles. The van der Waals surface area contributed by atoms with Gasteiger partial charge in [-0.2, -0.15) is 0 Å². The first-order chi connectivity index (χ1) is 7.19. The van der Waals surface area contributed by atoms with E-state index < -0.39 is 6.10 Å². The van der Waals surface area contributed by atoms with Gasteiger partial charge in [0.25, 0.3) is 0 Å². The summed E-state index contributed by atoms with van der Waals surface area (Å²) in [4.78, 5) is 11.4. The van der Waals surface area contributed by atoms with Crippen molar-refractivity contribution in [1.82, 2.24) is 0 Å². The second-order valence-electron chi connectivity index (χ2n) is 3.82. The average Bonchev–Trinajstić information content (AvgIpc) is 2.21. The number of hydrogen-bond acceptors (Lipinski definition) is 4. The Morgan fingerprint density at radius 3 is 2.60 bits per heavy atom. The lowest BCUT2D eigenvalue weighted by Crippen LogP contribution is -2.38. The number of aliphatic hydroxyl groups is 1. The second kappa shape index (κ2) is 6.08. The van der Waals surface area contributed by atoms with E-state index in [-0.39, 0.29) is 18.0 Å². The van der Waals surface area contributed by atoms with Crippen molar-refractivity contribution in [3.05, 3.63) is 0 Å². The number of hydrogen-bond donors (Lipinski definition) is 1. The van der Waals surface area contributed by atoms with Crippen LogP contribution in [0.15, 0.2) is 0 Å². The van der Waals surface area contributed by atoms with E-state index in [1.54, 1.807) is 6.92 Å². The van der Waals surface area contributed by atoms with Crippen LogP contribution in [-0.4, -0.2) is 36.5 Å². The van der Waals surface area contributed by atoms with Crippen LogP contribution in [0.4, 0.5) is 0 Å². The molecule has 4 heteroatoms. The van der Waals surface area contributed by atoms with Crippen molar-refractivity contribution < 1.29 is 19.4 Å². The van der Waals surface area contributed by atoms with Crippen molar-refractivity contribution in [3.8, 4) is 0 Å². The van der Waals surface area contributed by atoms with Crippen LogP contribution in [0.5, 0.6) is 0 Å². The van der Waals surface area contributed by atoms with Gasteiger partial charge in [-0.3, -0.25) is 4.79 Å². The summed E-state index contributed by atoms with van der Waals surface area (Å²) in [6.07, 6.45) is 1.30. The van der Waals surface area contributed by atoms with E-state index in [0.717, 1.165) is 12.8 Å². The minimum atomic E-state index is -0.534. The van der Waals surface area contributed by atoms with Crippen molar-refractivity contribution >= 4 is 5.97 Å². The molecule has 3 atom stereocenters. The molecule has 1 saturated carbocycles. The summed E-state index contributed by atoms with van der Waals surface area (Å²) in [7, 11) is 0. The van der Waals surface area contributed by atoms with Crippen LogP contribution in [0.25, 0.3) is 0 Å². The number of rotatable bonds is 4. The topological polar surface area (TPSA) is 55.8 Å². The van der Waals surface area contributed by atoms with Gasteiger partial charge < -0.3 is 14.6 Å². The zero-order valence-electron chi connectivity index (χ0n) is 9.44. The van der Waals surface area contributed by atoms with Crippen LogP contribution < -0.4 is 0 Å². The van der Waals surface area contributed by atoms with Crippen LogP contribution in [0.3, 0.4) is 0 Å². The molecule has 1 aliphatic rings. The predicted molar refractivity (Wildman–Crippen MR) is 55.4 cm³/mol. The van der Waals surface area contributed by atoms with E-state index in [9.17, 15) is 9.90 Å². The first kappa shape index (κ1) is 12.5. The average molecular weight is 216 g/mol. The normalized spacial score (nSPS) is 31.3. The number of ether oxygens (including phenoxy) is 2. The van der Waals surface area contributed by atoms with Crippen LogP contribution in [0.2, 0.25) is 0 Å². The molecule has 15 heavy (non-hydrogen) atoms. The van der Waals surface area contributed by atoms with Gasteiger partial charge in [0, 0.05) is 6.61 Å². The van der Waals surface area contributed by atoms with Crippen molar-refractivity contribution in [2.24, 2.45) is 5.92 Å². The molecule has 1 rings (SSSR count). The van der Waals surface area contributed by atoms with Crippen molar-refractivity contribution in [3.63, 3.8) is 0 Å². The molecule has 0 aromatic heterocycles. The Morgan fingerprint density at radius 1 is 1.33 bits per heavy atom. The third-order valence-corrected chi connectivity index (χ3v) is 2.76. The summed E-state index contributed by atoms with van der Waals surface area (Å²) in [6.45, 7) is 4.70. The van der Waals surface area contributed by atoms with Crippen LogP contribution in [0, 0.1) is 5.92 Å². The summed E-state index contributed by atoms with van der Waals surface area (Å²) < 4.78 is 10.3. The highest BCUT2D eigenvalue weighted by Crippen LogP contribution is 2.27. The Hall–Kier alpha value is -0.610. The number of aliphatic hydroxyl groups excluding tert-OH is 1. The molecule has 0 aromatic rings. The van der Waals surface area contributed by atoms with E-state index in [2.05, 4.69) is 0 Å². The molecule has 0 amide bonds. The lowest BCUT2D eigenvalue weighted by atomic mass is 9.85. The lowest BCUT2D eigenvalue weighted by molar-refractivity contribution is -0.153. The molecular weight excluding hydrogens is 196 g/mol. The molecule has 0 bridgehead atoms. The van der Waals surface area contributed by atoms with Crippen molar-refractivity contribution in [2.75, 3.05) is 13.2 Å². The van der Waals surface area contributed by atoms with E-state index in [4.69, 9.17) is 9.47 Å². The summed E-state index contributed by atoms with van der Waals surface area (Å²) in [5.74, 6) is -0.344. The fourth-order valence-corrected chi connectivity index (χ4v) is 2.00. The molecule has 0 heterocycles. The zero-order valence-corrected chi connectivity index (χ0v) is 9.44. The molecule has 3 unspecified atom stereocenters. The fraction of sp³-hybridized carbons (Fsp3) is 0.909. The van der Waals surface area contributed by atoms with Gasteiger partial charge >= 0.3 is 5.97 Å². The zero-order chi connectivity index (χ0) is 11.3. The van der Waals surface area contributed by atoms with E-state index >= 15 is 0 Å². The van der Waals surface area contributed by atoms with Gasteiger partial charge in [-0.05, 0) is 33.1 Å². The van der Waals surface area contributed by atoms with Crippen LogP contribution >= 0.6 is 0 Å². The Morgan fingerprint density at radius 2 is 2.07 bits per heavy atom. The van der Waals surface area contributed by atoms with Crippen LogP contribution in [0.1, 0.15) is 33.1 Å². The third-order valence-electron chi connectivity index (χ3n) is 2.76. The Labute approximate surface area is 90.6 Å². The number of carbonyl (C=O) groups is 1. The summed E-state index contributed by atoms with van der Waals surface area (Å²) in [6, 6.07) is 0. The van der Waals surface area contributed by atoms with Gasteiger partial charge in [0.15, 0.2) is 0 Å². The Kier molecular flexibility index (Phi) is 5.05. The first-order valence-corrected chi connectivity index (χ1v) is 5.65. The maximum Gasteiger partial charge on any atom is 0.309 e. The molecule has 0 saturated heterocycles. The maximum absolute atomic E-state index is 11.4. The highest BCUT2D eigenvalue weighted by Gasteiger charge is 2.33. The summed E-state index contributed by atoms with van der Waals surface area (Å²) in [5.41, 5.74) is 0. The lowest BCUT2D eigenvalue weighted by Gasteiger charge is -2.31. The molecule has 0 spiro atoms. The van der Waals surface area contributed by atoms with Gasteiger partial charge in [0.1, 0.15) is 0 Å². The Bertz CT molecular complexity index is 205. The highest BCUT2D eigenvalue weighted by atomic mass is 16.5. The summed E-state index contributed by atoms with van der Waals surface area (Å²) >= 11 is 0. The quantitative estimate of drug-likeness (QED) is 0.715. The van der Waals surface area contributed by atoms with E-state index in [1.165, 1.54) is 0 Å².